The first kappa shape index (κ1) is 16.9. The molecule has 0 bridgehead atoms. The largest absolute Gasteiger partial charge is 0.493 e. The molecule has 0 saturated heterocycles. The lowest BCUT2D eigenvalue weighted by Gasteiger charge is -2.11. The van der Waals surface area contributed by atoms with Crippen molar-refractivity contribution < 1.29 is 14.3 Å². The average molecular weight is 316 g/mol. The number of carbonyl (C=O) groups excluding carboxylic acids is 1. The van der Waals surface area contributed by atoms with Gasteiger partial charge in [0.25, 0.3) is 0 Å². The zero-order valence-electron chi connectivity index (χ0n) is 14.2. The zero-order valence-corrected chi connectivity index (χ0v) is 14.2. The first-order valence-electron chi connectivity index (χ1n) is 7.65. The molecule has 1 aromatic heterocycles. The normalized spacial score (nSPS) is 10.4. The van der Waals surface area contributed by atoms with Gasteiger partial charge in [-0.1, -0.05) is 6.07 Å². The third kappa shape index (κ3) is 4.28. The van der Waals surface area contributed by atoms with Crippen molar-refractivity contribution in [3.05, 3.63) is 47.3 Å². The minimum Gasteiger partial charge on any atom is -0.493 e. The van der Waals surface area contributed by atoms with Crippen LogP contribution in [0.15, 0.2) is 30.3 Å². The first-order valence-corrected chi connectivity index (χ1v) is 7.65. The second kappa shape index (κ2) is 7.72. The van der Waals surface area contributed by atoms with E-state index in [1.165, 1.54) is 11.4 Å². The van der Waals surface area contributed by atoms with Crippen LogP contribution in [0, 0.1) is 13.8 Å². The molecule has 0 aliphatic rings. The summed E-state index contributed by atoms with van der Waals surface area (Å²) in [4.78, 5) is 12.0. The van der Waals surface area contributed by atoms with Crippen LogP contribution in [-0.2, 0) is 17.9 Å². The molecule has 0 spiro atoms. The van der Waals surface area contributed by atoms with E-state index in [1.54, 1.807) is 14.2 Å². The second-order valence-corrected chi connectivity index (χ2v) is 5.48. The minimum atomic E-state index is 0.0345. The molecule has 2 aromatic rings. The molecule has 0 radical (unpaired) electrons. The highest BCUT2D eigenvalue weighted by atomic mass is 16.5. The summed E-state index contributed by atoms with van der Waals surface area (Å²) in [5, 5.41) is 2.94. The molecule has 2 rings (SSSR count). The second-order valence-electron chi connectivity index (χ2n) is 5.48. The summed E-state index contributed by atoms with van der Waals surface area (Å²) in [5.74, 6) is 1.38. The van der Waals surface area contributed by atoms with E-state index < -0.39 is 0 Å². The van der Waals surface area contributed by atoms with Crippen LogP contribution < -0.4 is 14.8 Å². The Hall–Kier alpha value is -2.43. The van der Waals surface area contributed by atoms with E-state index in [4.69, 9.17) is 9.47 Å². The van der Waals surface area contributed by atoms with Crippen molar-refractivity contribution in [2.24, 2.45) is 0 Å². The van der Waals surface area contributed by atoms with Gasteiger partial charge in [0.1, 0.15) is 0 Å². The van der Waals surface area contributed by atoms with Crippen molar-refractivity contribution in [3.8, 4) is 11.5 Å². The van der Waals surface area contributed by atoms with Gasteiger partial charge < -0.3 is 19.4 Å². The Morgan fingerprint density at radius 3 is 2.30 bits per heavy atom. The van der Waals surface area contributed by atoms with E-state index in [-0.39, 0.29) is 5.91 Å². The number of rotatable bonds is 7. The third-order valence-corrected chi connectivity index (χ3v) is 3.92. The number of ether oxygens (including phenoxy) is 2. The van der Waals surface area contributed by atoms with Crippen molar-refractivity contribution in [3.63, 3.8) is 0 Å². The molecule has 1 aromatic carbocycles. The fourth-order valence-electron chi connectivity index (χ4n) is 2.55. The number of nitrogens with one attached hydrogen (secondary N) is 1. The van der Waals surface area contributed by atoms with Crippen LogP contribution in [0.1, 0.15) is 23.4 Å². The van der Waals surface area contributed by atoms with E-state index in [2.05, 4.69) is 35.9 Å². The molecule has 0 atom stereocenters. The summed E-state index contributed by atoms with van der Waals surface area (Å²) in [7, 11) is 3.20. The smallest absolute Gasteiger partial charge is 0.222 e. The minimum absolute atomic E-state index is 0.0345. The van der Waals surface area contributed by atoms with Crippen LogP contribution in [0.5, 0.6) is 11.5 Å². The van der Waals surface area contributed by atoms with Gasteiger partial charge in [0.2, 0.25) is 5.91 Å². The Morgan fingerprint density at radius 2 is 1.70 bits per heavy atom. The highest BCUT2D eigenvalue weighted by Crippen LogP contribution is 2.27. The molecule has 5 nitrogen and oxygen atoms in total. The van der Waals surface area contributed by atoms with Crippen molar-refractivity contribution in [2.75, 3.05) is 14.2 Å². The molecule has 0 fully saturated rings. The molecule has 23 heavy (non-hydrogen) atoms. The first-order chi connectivity index (χ1) is 11.0. The Labute approximate surface area is 137 Å². The summed E-state index contributed by atoms with van der Waals surface area (Å²) in [6.07, 6.45) is 0.462. The SMILES string of the molecule is COc1ccc(CNC(=O)CCn2c(C)ccc2C)cc1OC. The number of hydrogen-bond donors (Lipinski definition) is 1. The van der Waals surface area contributed by atoms with Crippen molar-refractivity contribution in [2.45, 2.75) is 33.4 Å². The van der Waals surface area contributed by atoms with Crippen LogP contribution in [-0.4, -0.2) is 24.7 Å². The van der Waals surface area contributed by atoms with E-state index >= 15 is 0 Å². The number of nitrogens with zero attached hydrogens (tertiary/aromatic N) is 1. The Morgan fingerprint density at radius 1 is 1.04 bits per heavy atom. The molecule has 1 heterocycles. The summed E-state index contributed by atoms with van der Waals surface area (Å²) in [6.45, 7) is 5.27. The standard InChI is InChI=1S/C18H24N2O3/c1-13-5-6-14(2)20(13)10-9-18(21)19-12-15-7-8-16(22-3)17(11-15)23-4/h5-8,11H,9-10,12H2,1-4H3,(H,19,21). The van der Waals surface area contributed by atoms with Crippen molar-refractivity contribution in [1.29, 1.82) is 0 Å². The maximum absolute atomic E-state index is 12.0. The Bertz CT molecular complexity index is 657. The Balaban J connectivity index is 1.87. The average Bonchev–Trinajstić information content (AvgIpc) is 2.89. The lowest BCUT2D eigenvalue weighted by molar-refractivity contribution is -0.121. The third-order valence-electron chi connectivity index (χ3n) is 3.92. The summed E-state index contributed by atoms with van der Waals surface area (Å²) < 4.78 is 12.6. The number of hydrogen-bond acceptors (Lipinski definition) is 3. The fraction of sp³-hybridized carbons (Fsp3) is 0.389. The predicted molar refractivity (Wildman–Crippen MR) is 89.9 cm³/mol. The van der Waals surface area contributed by atoms with Gasteiger partial charge >= 0.3 is 0 Å². The quantitative estimate of drug-likeness (QED) is 0.854. The number of aromatic nitrogens is 1. The van der Waals surface area contributed by atoms with Gasteiger partial charge in [0.15, 0.2) is 11.5 Å². The highest BCUT2D eigenvalue weighted by molar-refractivity contribution is 5.75. The lowest BCUT2D eigenvalue weighted by Crippen LogP contribution is -2.24. The molecule has 0 unspecified atom stereocenters. The molecular weight excluding hydrogens is 292 g/mol. The molecule has 5 heteroatoms. The number of aryl methyl sites for hydroxylation is 2. The van der Waals surface area contributed by atoms with Gasteiger partial charge in [0, 0.05) is 30.9 Å². The molecule has 124 valence electrons. The molecule has 1 N–H and O–H groups in total. The molecular formula is C18H24N2O3. The van der Waals surface area contributed by atoms with Gasteiger partial charge in [-0.3, -0.25) is 4.79 Å². The molecule has 0 aliphatic heterocycles. The molecule has 1 amide bonds. The van der Waals surface area contributed by atoms with Crippen molar-refractivity contribution in [1.82, 2.24) is 9.88 Å². The molecule has 0 saturated carbocycles. The van der Waals surface area contributed by atoms with Gasteiger partial charge in [-0.25, -0.2) is 0 Å². The van der Waals surface area contributed by atoms with E-state index in [1.807, 2.05) is 18.2 Å². The van der Waals surface area contributed by atoms with Crippen LogP contribution in [0.3, 0.4) is 0 Å². The number of benzene rings is 1. The van der Waals surface area contributed by atoms with Gasteiger partial charge in [-0.15, -0.1) is 0 Å². The van der Waals surface area contributed by atoms with Crippen LogP contribution in [0.4, 0.5) is 0 Å². The number of amides is 1. The topological polar surface area (TPSA) is 52.5 Å². The highest BCUT2D eigenvalue weighted by Gasteiger charge is 2.07. The summed E-state index contributed by atoms with van der Waals surface area (Å²) >= 11 is 0. The van der Waals surface area contributed by atoms with E-state index in [0.29, 0.717) is 31.0 Å². The zero-order chi connectivity index (χ0) is 16.8. The van der Waals surface area contributed by atoms with Crippen LogP contribution >= 0.6 is 0 Å². The number of methoxy groups -OCH3 is 2. The summed E-state index contributed by atoms with van der Waals surface area (Å²) in [5.41, 5.74) is 3.33. The molecule has 0 aliphatic carbocycles. The van der Waals surface area contributed by atoms with E-state index in [0.717, 1.165) is 5.56 Å². The Kier molecular flexibility index (Phi) is 5.68. The number of carbonyl (C=O) groups is 1. The maximum Gasteiger partial charge on any atom is 0.222 e. The van der Waals surface area contributed by atoms with Crippen LogP contribution in [0.2, 0.25) is 0 Å². The van der Waals surface area contributed by atoms with Gasteiger partial charge in [-0.05, 0) is 43.7 Å². The van der Waals surface area contributed by atoms with Crippen molar-refractivity contribution >= 4 is 5.91 Å². The maximum atomic E-state index is 12.0. The monoisotopic (exact) mass is 316 g/mol. The van der Waals surface area contributed by atoms with E-state index in [9.17, 15) is 4.79 Å². The van der Waals surface area contributed by atoms with Gasteiger partial charge in [-0.2, -0.15) is 0 Å². The summed E-state index contributed by atoms with van der Waals surface area (Å²) in [6, 6.07) is 9.77. The van der Waals surface area contributed by atoms with Crippen LogP contribution in [0.25, 0.3) is 0 Å². The fourth-order valence-corrected chi connectivity index (χ4v) is 2.55. The van der Waals surface area contributed by atoms with Gasteiger partial charge in [0.05, 0.1) is 14.2 Å². The predicted octanol–water partition coefficient (Wildman–Crippen LogP) is 2.83. The lowest BCUT2D eigenvalue weighted by atomic mass is 10.2.